The van der Waals surface area contributed by atoms with Crippen LogP contribution in [-0.2, 0) is 0 Å². The Hall–Kier alpha value is -1.20. The van der Waals surface area contributed by atoms with Crippen LogP contribution >= 0.6 is 11.9 Å². The molecule has 3 N–H and O–H groups in total. The van der Waals surface area contributed by atoms with E-state index in [-0.39, 0.29) is 12.1 Å². The Labute approximate surface area is 130 Å². The minimum atomic E-state index is -0.472. The number of hydrogen-bond acceptors (Lipinski definition) is 3. The van der Waals surface area contributed by atoms with E-state index in [1.165, 1.54) is 11.9 Å². The number of carbonyl (C=O) groups excluding carboxylic acids is 1. The van der Waals surface area contributed by atoms with Gasteiger partial charge in [0.2, 0.25) is 0 Å². The standard InChI is InChI=1S/C16H24N2O2S/c1-3-10-21-18(16(17)20)15(14-8-9-14)13-6-4-12(5-7-13)11(2)19/h4-7,11,14-15,19H,3,8-10H2,1-2H3,(H2,17,20). The minimum Gasteiger partial charge on any atom is -0.389 e. The van der Waals surface area contributed by atoms with E-state index in [2.05, 4.69) is 6.92 Å². The first-order valence-corrected chi connectivity index (χ1v) is 8.48. The summed E-state index contributed by atoms with van der Waals surface area (Å²) in [4.78, 5) is 11.8. The molecule has 1 aliphatic rings. The third-order valence-electron chi connectivity index (χ3n) is 3.73. The molecule has 5 heteroatoms. The van der Waals surface area contributed by atoms with Crippen LogP contribution in [0.15, 0.2) is 24.3 Å². The molecule has 0 radical (unpaired) electrons. The molecular formula is C16H24N2O2S. The molecule has 1 aromatic carbocycles. The van der Waals surface area contributed by atoms with Gasteiger partial charge in [0.25, 0.3) is 0 Å². The zero-order valence-corrected chi connectivity index (χ0v) is 13.5. The van der Waals surface area contributed by atoms with E-state index < -0.39 is 6.10 Å². The molecule has 21 heavy (non-hydrogen) atoms. The Bertz CT molecular complexity index is 472. The van der Waals surface area contributed by atoms with Crippen molar-refractivity contribution >= 4 is 18.0 Å². The van der Waals surface area contributed by atoms with Crippen LogP contribution in [0.5, 0.6) is 0 Å². The average Bonchev–Trinajstić information content (AvgIpc) is 3.27. The van der Waals surface area contributed by atoms with Crippen molar-refractivity contribution in [2.45, 2.75) is 45.3 Å². The number of benzene rings is 1. The number of primary amides is 1. The van der Waals surface area contributed by atoms with E-state index in [0.717, 1.165) is 36.1 Å². The first kappa shape index (κ1) is 16.2. The van der Waals surface area contributed by atoms with Crippen LogP contribution in [0, 0.1) is 5.92 Å². The molecule has 2 atom stereocenters. The summed E-state index contributed by atoms with van der Waals surface area (Å²) < 4.78 is 1.73. The molecule has 2 amide bonds. The van der Waals surface area contributed by atoms with Crippen molar-refractivity contribution in [3.05, 3.63) is 35.4 Å². The van der Waals surface area contributed by atoms with Gasteiger partial charge in [-0.1, -0.05) is 31.2 Å². The highest BCUT2D eigenvalue weighted by atomic mass is 32.2. The van der Waals surface area contributed by atoms with Gasteiger partial charge in [-0.3, -0.25) is 4.31 Å². The second-order valence-corrected chi connectivity index (χ2v) is 6.68. The topological polar surface area (TPSA) is 66.6 Å². The fourth-order valence-corrected chi connectivity index (χ4v) is 3.41. The van der Waals surface area contributed by atoms with Crippen molar-refractivity contribution in [3.8, 4) is 0 Å². The largest absolute Gasteiger partial charge is 0.389 e. The van der Waals surface area contributed by atoms with Crippen LogP contribution in [-0.4, -0.2) is 21.2 Å². The number of hydrogen-bond donors (Lipinski definition) is 2. The number of rotatable bonds is 7. The highest BCUT2D eigenvalue weighted by molar-refractivity contribution is 7.97. The molecule has 0 spiro atoms. The first-order valence-electron chi connectivity index (χ1n) is 7.54. The maximum Gasteiger partial charge on any atom is 0.325 e. The summed E-state index contributed by atoms with van der Waals surface area (Å²) in [5.41, 5.74) is 7.58. The van der Waals surface area contributed by atoms with E-state index in [1.807, 2.05) is 24.3 Å². The molecule has 4 nitrogen and oxygen atoms in total. The number of carbonyl (C=O) groups is 1. The normalized spacial score (nSPS) is 17.3. The van der Waals surface area contributed by atoms with E-state index in [4.69, 9.17) is 5.73 Å². The van der Waals surface area contributed by atoms with Gasteiger partial charge >= 0.3 is 6.03 Å². The van der Waals surface area contributed by atoms with Crippen LogP contribution in [0.3, 0.4) is 0 Å². The zero-order valence-electron chi connectivity index (χ0n) is 12.7. The van der Waals surface area contributed by atoms with Crippen molar-refractivity contribution in [2.75, 3.05) is 5.75 Å². The van der Waals surface area contributed by atoms with Crippen LogP contribution in [0.2, 0.25) is 0 Å². The smallest absolute Gasteiger partial charge is 0.325 e. The fraction of sp³-hybridized carbons (Fsp3) is 0.562. The molecular weight excluding hydrogens is 284 g/mol. The second-order valence-electron chi connectivity index (χ2n) is 5.62. The number of urea groups is 1. The van der Waals surface area contributed by atoms with Gasteiger partial charge in [0.15, 0.2) is 0 Å². The third-order valence-corrected chi connectivity index (χ3v) is 5.01. The Morgan fingerprint density at radius 3 is 2.38 bits per heavy atom. The molecule has 1 aliphatic carbocycles. The number of aliphatic hydroxyl groups excluding tert-OH is 1. The number of aliphatic hydroxyl groups is 1. The van der Waals surface area contributed by atoms with Gasteiger partial charge in [-0.25, -0.2) is 4.79 Å². The van der Waals surface area contributed by atoms with E-state index in [9.17, 15) is 9.90 Å². The highest BCUT2D eigenvalue weighted by Crippen LogP contribution is 2.46. The average molecular weight is 308 g/mol. The molecule has 116 valence electrons. The molecule has 1 aromatic rings. The van der Waals surface area contributed by atoms with Crippen molar-refractivity contribution < 1.29 is 9.90 Å². The van der Waals surface area contributed by atoms with Crippen LogP contribution < -0.4 is 5.73 Å². The quantitative estimate of drug-likeness (QED) is 0.756. The molecule has 0 heterocycles. The lowest BCUT2D eigenvalue weighted by molar-refractivity contribution is 0.199. The van der Waals surface area contributed by atoms with Gasteiger partial charge in [-0.2, -0.15) is 0 Å². The van der Waals surface area contributed by atoms with E-state index >= 15 is 0 Å². The summed E-state index contributed by atoms with van der Waals surface area (Å²) in [6.45, 7) is 3.84. The number of nitrogens with two attached hydrogens (primary N) is 1. The molecule has 1 saturated carbocycles. The Morgan fingerprint density at radius 1 is 1.38 bits per heavy atom. The van der Waals surface area contributed by atoms with Crippen molar-refractivity contribution in [1.29, 1.82) is 0 Å². The summed E-state index contributed by atoms with van der Waals surface area (Å²) in [5, 5.41) is 9.60. The third kappa shape index (κ3) is 4.14. The SMILES string of the molecule is CCCSN(C(N)=O)C(c1ccc(C(C)O)cc1)C1CC1. The molecule has 0 bridgehead atoms. The summed E-state index contributed by atoms with van der Waals surface area (Å²) in [5.74, 6) is 1.39. The first-order chi connectivity index (χ1) is 10.0. The number of amides is 2. The van der Waals surface area contributed by atoms with Gasteiger partial charge in [0, 0.05) is 5.75 Å². The summed E-state index contributed by atoms with van der Waals surface area (Å²) in [6, 6.07) is 7.55. The van der Waals surface area contributed by atoms with E-state index in [0.29, 0.717) is 5.92 Å². The van der Waals surface area contributed by atoms with Gasteiger partial charge in [0.1, 0.15) is 0 Å². The van der Waals surface area contributed by atoms with Crippen LogP contribution in [0.25, 0.3) is 0 Å². The second kappa shape index (κ2) is 7.18. The van der Waals surface area contributed by atoms with E-state index in [1.54, 1.807) is 11.2 Å². The predicted octanol–water partition coefficient (Wildman–Crippen LogP) is 3.63. The Balaban J connectivity index is 2.22. The Kier molecular flexibility index (Phi) is 5.53. The summed E-state index contributed by atoms with van der Waals surface area (Å²) in [7, 11) is 0. The fourth-order valence-electron chi connectivity index (χ4n) is 2.45. The maximum atomic E-state index is 11.8. The lowest BCUT2D eigenvalue weighted by Crippen LogP contribution is -2.35. The Morgan fingerprint density at radius 2 is 1.95 bits per heavy atom. The molecule has 0 aromatic heterocycles. The summed E-state index contributed by atoms with van der Waals surface area (Å²) >= 11 is 1.52. The maximum absolute atomic E-state index is 11.8. The molecule has 1 fully saturated rings. The monoisotopic (exact) mass is 308 g/mol. The van der Waals surface area contributed by atoms with Crippen molar-refractivity contribution in [3.63, 3.8) is 0 Å². The lowest BCUT2D eigenvalue weighted by Gasteiger charge is -2.29. The predicted molar refractivity (Wildman–Crippen MR) is 86.7 cm³/mol. The molecule has 0 saturated heterocycles. The van der Waals surface area contributed by atoms with Crippen molar-refractivity contribution in [2.24, 2.45) is 11.7 Å². The summed E-state index contributed by atoms with van der Waals surface area (Å²) in [6.07, 6.45) is 2.81. The van der Waals surface area contributed by atoms with Gasteiger partial charge in [-0.05, 0) is 55.2 Å². The van der Waals surface area contributed by atoms with Crippen molar-refractivity contribution in [1.82, 2.24) is 4.31 Å². The lowest BCUT2D eigenvalue weighted by atomic mass is 9.99. The van der Waals surface area contributed by atoms with Gasteiger partial charge in [0.05, 0.1) is 12.1 Å². The molecule has 0 aliphatic heterocycles. The molecule has 2 rings (SSSR count). The van der Waals surface area contributed by atoms with Gasteiger partial charge in [-0.15, -0.1) is 0 Å². The minimum absolute atomic E-state index is 0.0436. The number of nitrogens with zero attached hydrogens (tertiary/aromatic N) is 1. The molecule has 2 unspecified atom stereocenters. The van der Waals surface area contributed by atoms with Crippen LogP contribution in [0.4, 0.5) is 4.79 Å². The van der Waals surface area contributed by atoms with Crippen LogP contribution in [0.1, 0.15) is 56.4 Å². The highest BCUT2D eigenvalue weighted by Gasteiger charge is 2.38. The van der Waals surface area contributed by atoms with Gasteiger partial charge < -0.3 is 10.8 Å². The zero-order chi connectivity index (χ0) is 15.4.